The Morgan fingerprint density at radius 3 is 2.69 bits per heavy atom. The molecule has 0 aliphatic rings. The van der Waals surface area contributed by atoms with Gasteiger partial charge in [-0.25, -0.2) is 15.0 Å². The number of nitrogens with zero attached hydrogens (tertiary/aromatic N) is 2. The van der Waals surface area contributed by atoms with Crippen LogP contribution in [0.2, 0.25) is 0 Å². The number of benzene rings is 2. The van der Waals surface area contributed by atoms with Gasteiger partial charge in [0, 0.05) is 12.1 Å². The van der Waals surface area contributed by atoms with Crippen molar-refractivity contribution >= 4 is 23.9 Å². The van der Waals surface area contributed by atoms with Crippen molar-refractivity contribution in [1.29, 1.82) is 0 Å². The second-order valence-corrected chi connectivity index (χ2v) is 4.84. The molecule has 2 amide bonds. The van der Waals surface area contributed by atoms with Gasteiger partial charge in [-0.2, -0.15) is 5.10 Å². The van der Waals surface area contributed by atoms with E-state index in [4.69, 9.17) is 10.5 Å². The molecule has 10 heteroatoms. The van der Waals surface area contributed by atoms with Crippen molar-refractivity contribution in [2.24, 2.45) is 10.8 Å². The van der Waals surface area contributed by atoms with Gasteiger partial charge in [-0.15, -0.1) is 0 Å². The topological polar surface area (TPSA) is 146 Å². The molecule has 10 nitrogen and oxygen atoms in total. The highest BCUT2D eigenvalue weighted by atomic mass is 16.6. The zero-order chi connectivity index (χ0) is 19.1. The molecule has 26 heavy (non-hydrogen) atoms. The van der Waals surface area contributed by atoms with Gasteiger partial charge in [0.25, 0.3) is 5.69 Å². The van der Waals surface area contributed by atoms with Crippen LogP contribution in [-0.2, 0) is 4.74 Å². The molecule has 0 spiro atoms. The summed E-state index contributed by atoms with van der Waals surface area (Å²) >= 11 is 0. The highest BCUT2D eigenvalue weighted by Crippen LogP contribution is 2.29. The smallest absolute Gasteiger partial charge is 0.341 e. The summed E-state index contributed by atoms with van der Waals surface area (Å²) in [5.74, 6) is -0.342. The van der Waals surface area contributed by atoms with Crippen LogP contribution in [0.15, 0.2) is 47.6 Å². The monoisotopic (exact) mass is 358 g/mol. The lowest BCUT2D eigenvalue weighted by molar-refractivity contribution is -0.384. The summed E-state index contributed by atoms with van der Waals surface area (Å²) in [6.45, 7) is 0. The second-order valence-electron chi connectivity index (χ2n) is 4.84. The normalized spacial score (nSPS) is 10.3. The number of nitrogens with two attached hydrogens (primary N) is 1. The van der Waals surface area contributed by atoms with Gasteiger partial charge >= 0.3 is 12.0 Å². The molecule has 134 valence electrons. The summed E-state index contributed by atoms with van der Waals surface area (Å²) in [6.07, 6.45) is 1.34. The molecule has 2 aromatic rings. The van der Waals surface area contributed by atoms with Crippen LogP contribution in [-0.4, -0.2) is 30.2 Å². The molecule has 0 fully saturated rings. The first-order valence-electron chi connectivity index (χ1n) is 7.14. The number of ether oxygens (including phenoxy) is 2. The summed E-state index contributed by atoms with van der Waals surface area (Å²) in [4.78, 5) is 32.7. The van der Waals surface area contributed by atoms with Gasteiger partial charge in [-0.1, -0.05) is 12.1 Å². The van der Waals surface area contributed by atoms with E-state index in [1.54, 1.807) is 24.3 Å². The van der Waals surface area contributed by atoms with Crippen LogP contribution in [0.5, 0.6) is 11.5 Å². The van der Waals surface area contributed by atoms with Gasteiger partial charge in [0.15, 0.2) is 0 Å². The molecule has 0 aliphatic carbocycles. The molecule has 0 aliphatic heterocycles. The lowest BCUT2D eigenvalue weighted by Gasteiger charge is -2.10. The molecule has 0 unspecified atom stereocenters. The minimum absolute atomic E-state index is 0.0869. The third-order valence-corrected chi connectivity index (χ3v) is 3.05. The largest absolute Gasteiger partial charge is 0.465 e. The van der Waals surface area contributed by atoms with Crippen LogP contribution in [0, 0.1) is 10.1 Å². The number of methoxy groups -OCH3 is 1. The van der Waals surface area contributed by atoms with Gasteiger partial charge in [-0.05, 0) is 23.8 Å². The van der Waals surface area contributed by atoms with E-state index in [2.05, 4.69) is 15.3 Å². The summed E-state index contributed by atoms with van der Waals surface area (Å²) in [5.41, 5.74) is 7.18. The fraction of sp³-hybridized carbons (Fsp3) is 0.0625. The number of carbonyl (C=O) groups is 2. The maximum Gasteiger partial charge on any atom is 0.341 e. The summed E-state index contributed by atoms with van der Waals surface area (Å²) in [6, 6.07) is 9.32. The van der Waals surface area contributed by atoms with Crippen molar-refractivity contribution in [2.45, 2.75) is 0 Å². The van der Waals surface area contributed by atoms with Crippen LogP contribution < -0.4 is 15.9 Å². The number of nitrogens with one attached hydrogen (secondary N) is 1. The zero-order valence-corrected chi connectivity index (χ0v) is 13.5. The van der Waals surface area contributed by atoms with Crippen LogP contribution in [0.4, 0.5) is 10.5 Å². The average molecular weight is 358 g/mol. The third-order valence-electron chi connectivity index (χ3n) is 3.05. The second kappa shape index (κ2) is 8.24. The molecule has 0 aromatic heterocycles. The first kappa shape index (κ1) is 18.4. The Balaban J connectivity index is 2.30. The zero-order valence-electron chi connectivity index (χ0n) is 13.5. The Hall–Kier alpha value is -3.95. The number of amides is 2. The third kappa shape index (κ3) is 4.77. The quantitative estimate of drug-likeness (QED) is 0.350. The maximum absolute atomic E-state index is 11.9. The van der Waals surface area contributed by atoms with Crippen molar-refractivity contribution in [3.05, 3.63) is 63.7 Å². The highest BCUT2D eigenvalue weighted by molar-refractivity contribution is 5.93. The van der Waals surface area contributed by atoms with Gasteiger partial charge < -0.3 is 15.2 Å². The first-order chi connectivity index (χ1) is 12.4. The van der Waals surface area contributed by atoms with Crippen molar-refractivity contribution < 1.29 is 24.0 Å². The number of hydrogen-bond donors (Lipinski definition) is 2. The number of esters is 1. The Kier molecular flexibility index (Phi) is 5.83. The van der Waals surface area contributed by atoms with Gasteiger partial charge in [0.1, 0.15) is 17.1 Å². The van der Waals surface area contributed by atoms with Crippen LogP contribution in [0.25, 0.3) is 0 Å². The molecule has 0 saturated heterocycles. The summed E-state index contributed by atoms with van der Waals surface area (Å²) in [7, 11) is 1.16. The lowest BCUT2D eigenvalue weighted by Crippen LogP contribution is -2.24. The fourth-order valence-corrected chi connectivity index (χ4v) is 1.95. The van der Waals surface area contributed by atoms with E-state index in [-0.39, 0.29) is 17.0 Å². The van der Waals surface area contributed by atoms with Gasteiger partial charge in [0.2, 0.25) is 0 Å². The minimum atomic E-state index is -0.803. The van der Waals surface area contributed by atoms with Crippen molar-refractivity contribution in [3.8, 4) is 11.5 Å². The molecule has 0 heterocycles. The van der Waals surface area contributed by atoms with Crippen LogP contribution in [0.1, 0.15) is 15.9 Å². The Morgan fingerprint density at radius 1 is 1.27 bits per heavy atom. The molecular formula is C16H14N4O6. The van der Waals surface area contributed by atoms with E-state index in [1.807, 2.05) is 0 Å². The molecule has 2 rings (SSSR count). The van der Waals surface area contributed by atoms with Crippen molar-refractivity contribution in [3.63, 3.8) is 0 Å². The Bertz CT molecular complexity index is 881. The molecule has 3 N–H and O–H groups in total. The predicted octanol–water partition coefficient (Wildman–Crippen LogP) is 2.18. The number of hydrazone groups is 1. The number of rotatable bonds is 6. The predicted molar refractivity (Wildman–Crippen MR) is 91.3 cm³/mol. The van der Waals surface area contributed by atoms with E-state index in [0.29, 0.717) is 11.3 Å². The van der Waals surface area contributed by atoms with Crippen LogP contribution in [0.3, 0.4) is 0 Å². The maximum atomic E-state index is 11.9. The molecule has 0 atom stereocenters. The molecular weight excluding hydrogens is 344 g/mol. The standard InChI is InChI=1S/C16H14N4O6/c1-25-15(21)13-8-11(20(23)24)5-6-14(13)26-12-4-2-3-10(7-12)9-18-19-16(17)22/h2-9H,1H3,(H3,17,19,22). The molecule has 0 bridgehead atoms. The SMILES string of the molecule is COC(=O)c1cc([N+](=O)[O-])ccc1Oc1cccc(C=NNC(N)=O)c1. The van der Waals surface area contributed by atoms with Gasteiger partial charge in [-0.3, -0.25) is 10.1 Å². The minimum Gasteiger partial charge on any atom is -0.465 e. The molecule has 2 aromatic carbocycles. The highest BCUT2D eigenvalue weighted by Gasteiger charge is 2.19. The van der Waals surface area contributed by atoms with Gasteiger partial charge in [0.05, 0.1) is 18.2 Å². The van der Waals surface area contributed by atoms with E-state index in [1.165, 1.54) is 18.3 Å². The number of urea groups is 1. The number of non-ortho nitro benzene ring substituents is 1. The number of primary amides is 1. The number of carbonyl (C=O) groups excluding carboxylic acids is 2. The van der Waals surface area contributed by atoms with E-state index >= 15 is 0 Å². The number of nitro groups is 1. The van der Waals surface area contributed by atoms with E-state index < -0.39 is 16.9 Å². The Morgan fingerprint density at radius 2 is 2.04 bits per heavy atom. The number of hydrogen-bond acceptors (Lipinski definition) is 7. The average Bonchev–Trinajstić information content (AvgIpc) is 2.61. The van der Waals surface area contributed by atoms with E-state index in [9.17, 15) is 19.7 Å². The summed E-state index contributed by atoms with van der Waals surface area (Å²) in [5, 5.41) is 14.5. The summed E-state index contributed by atoms with van der Waals surface area (Å²) < 4.78 is 10.3. The number of nitro benzene ring substituents is 1. The molecule has 0 radical (unpaired) electrons. The molecule has 0 saturated carbocycles. The van der Waals surface area contributed by atoms with Crippen LogP contribution >= 0.6 is 0 Å². The Labute approximate surface area is 147 Å². The lowest BCUT2D eigenvalue weighted by atomic mass is 10.1. The first-order valence-corrected chi connectivity index (χ1v) is 7.14. The fourth-order valence-electron chi connectivity index (χ4n) is 1.95. The van der Waals surface area contributed by atoms with E-state index in [0.717, 1.165) is 13.2 Å². The van der Waals surface area contributed by atoms with Crippen molar-refractivity contribution in [1.82, 2.24) is 5.43 Å². The van der Waals surface area contributed by atoms with Crippen molar-refractivity contribution in [2.75, 3.05) is 7.11 Å².